The summed E-state index contributed by atoms with van der Waals surface area (Å²) in [5, 5.41) is 0.549. The highest BCUT2D eigenvalue weighted by Gasteiger charge is 2.62. The minimum Gasteiger partial charge on any atom is -0.343 e. The number of thioether (sulfide) groups is 1. The fourth-order valence-electron chi connectivity index (χ4n) is 3.65. The second-order valence-corrected chi connectivity index (χ2v) is 7.77. The lowest BCUT2D eigenvalue weighted by Crippen LogP contribution is -2.60. The van der Waals surface area contributed by atoms with Crippen LogP contribution in [0.15, 0.2) is 58.4 Å². The molecule has 2 saturated heterocycles. The van der Waals surface area contributed by atoms with Gasteiger partial charge in [-0.05, 0) is 49.3 Å². The highest BCUT2D eigenvalue weighted by atomic mass is 32.2. The monoisotopic (exact) mass is 384 g/mol. The van der Waals surface area contributed by atoms with E-state index in [-0.39, 0.29) is 5.91 Å². The van der Waals surface area contributed by atoms with E-state index in [1.54, 1.807) is 16.7 Å². The number of nitrogens with zero attached hydrogens (tertiary/aromatic N) is 2. The van der Waals surface area contributed by atoms with Crippen molar-refractivity contribution in [3.8, 4) is 0 Å². The molecule has 4 rings (SSSR count). The molecule has 0 N–H and O–H groups in total. The van der Waals surface area contributed by atoms with Crippen LogP contribution in [0.4, 0.5) is 0 Å². The maximum atomic E-state index is 13.4. The van der Waals surface area contributed by atoms with Crippen LogP contribution in [0.3, 0.4) is 0 Å². The first-order valence-corrected chi connectivity index (χ1v) is 9.93. The molecule has 6 heteroatoms. The molecular weight excluding hydrogens is 364 g/mol. The molecule has 1 aromatic rings. The predicted octanol–water partition coefficient (Wildman–Crippen LogP) is 3.81. The van der Waals surface area contributed by atoms with Gasteiger partial charge in [0, 0.05) is 22.9 Å². The van der Waals surface area contributed by atoms with Gasteiger partial charge in [-0.2, -0.15) is 0 Å². The number of likely N-dealkylation sites (N-methyl/N-ethyl adjacent to an activating group) is 2. The molecule has 0 radical (unpaired) electrons. The first-order chi connectivity index (χ1) is 12.6. The molecule has 3 heterocycles. The zero-order valence-electron chi connectivity index (χ0n) is 14.8. The second-order valence-electron chi connectivity index (χ2n) is 6.29. The van der Waals surface area contributed by atoms with E-state index in [2.05, 4.69) is 18.7 Å². The molecule has 134 valence electrons. The lowest BCUT2D eigenvalue weighted by molar-refractivity contribution is -0.126. The van der Waals surface area contributed by atoms with Crippen molar-refractivity contribution in [2.45, 2.75) is 24.5 Å². The zero-order chi connectivity index (χ0) is 18.5. The highest BCUT2D eigenvalue weighted by Crippen LogP contribution is 2.50. The standard InChI is InChI=1S/C20H20N2O2S2/c1-4-13-11-15(14-9-7-8-10-16(14)26-13)17-18(23)21(5-2)19(25)22(6-3)20(17)12-24-20/h4,7-11H,1,5-6,12H2,2-3H3/b17-15+. The van der Waals surface area contributed by atoms with Gasteiger partial charge in [-0.15, -0.1) is 0 Å². The van der Waals surface area contributed by atoms with E-state index >= 15 is 0 Å². The number of amides is 1. The molecule has 3 aliphatic rings. The van der Waals surface area contributed by atoms with Gasteiger partial charge >= 0.3 is 0 Å². The van der Waals surface area contributed by atoms with Crippen molar-refractivity contribution in [3.05, 3.63) is 59.0 Å². The molecule has 26 heavy (non-hydrogen) atoms. The van der Waals surface area contributed by atoms with E-state index in [1.807, 2.05) is 43.0 Å². The third-order valence-corrected chi connectivity index (χ3v) is 6.50. The average molecular weight is 385 g/mol. The normalized spacial score (nSPS) is 27.5. The molecule has 1 amide bonds. The van der Waals surface area contributed by atoms with Crippen LogP contribution in [-0.2, 0) is 9.53 Å². The second kappa shape index (κ2) is 6.37. The van der Waals surface area contributed by atoms with Gasteiger partial charge in [0.25, 0.3) is 5.91 Å². The summed E-state index contributed by atoms with van der Waals surface area (Å²) in [6, 6.07) is 8.15. The van der Waals surface area contributed by atoms with Gasteiger partial charge in [0.15, 0.2) is 10.8 Å². The Morgan fingerprint density at radius 1 is 1.35 bits per heavy atom. The van der Waals surface area contributed by atoms with Gasteiger partial charge in [0.2, 0.25) is 0 Å². The minimum absolute atomic E-state index is 0.0592. The molecule has 2 fully saturated rings. The predicted molar refractivity (Wildman–Crippen MR) is 109 cm³/mol. The van der Waals surface area contributed by atoms with Crippen LogP contribution in [0.5, 0.6) is 0 Å². The minimum atomic E-state index is -0.734. The quantitative estimate of drug-likeness (QED) is 0.450. The summed E-state index contributed by atoms with van der Waals surface area (Å²) in [7, 11) is 0. The van der Waals surface area contributed by atoms with E-state index in [1.165, 1.54) is 0 Å². The molecule has 1 unspecified atom stereocenters. The van der Waals surface area contributed by atoms with Crippen molar-refractivity contribution >= 4 is 40.6 Å². The van der Waals surface area contributed by atoms with Crippen molar-refractivity contribution in [2.75, 3.05) is 19.7 Å². The molecule has 1 atom stereocenters. The number of benzene rings is 1. The molecule has 0 bridgehead atoms. The number of ether oxygens (including phenoxy) is 1. The number of carbonyl (C=O) groups excluding carboxylic acids is 1. The maximum Gasteiger partial charge on any atom is 0.261 e. The Hall–Kier alpha value is -1.89. The number of thiocarbonyl (C=S) groups is 1. The Labute approximate surface area is 163 Å². The molecule has 4 nitrogen and oxygen atoms in total. The number of hydrogen-bond acceptors (Lipinski definition) is 4. The molecule has 0 aromatic heterocycles. The van der Waals surface area contributed by atoms with Crippen molar-refractivity contribution in [1.82, 2.24) is 9.80 Å². The van der Waals surface area contributed by atoms with Crippen molar-refractivity contribution in [3.63, 3.8) is 0 Å². The fourth-order valence-corrected chi connectivity index (χ4v) is 5.09. The number of fused-ring (bicyclic) bond motifs is 1. The Kier molecular flexibility index (Phi) is 4.29. The van der Waals surface area contributed by atoms with Crippen LogP contribution in [0.2, 0.25) is 0 Å². The van der Waals surface area contributed by atoms with Gasteiger partial charge in [0.1, 0.15) is 6.61 Å². The number of allylic oxidation sites excluding steroid dienone is 3. The van der Waals surface area contributed by atoms with Crippen LogP contribution in [0, 0.1) is 0 Å². The Morgan fingerprint density at radius 2 is 2.08 bits per heavy atom. The zero-order valence-corrected chi connectivity index (χ0v) is 16.5. The molecule has 1 aromatic carbocycles. The number of rotatable bonds is 3. The Bertz CT molecular complexity index is 884. The first kappa shape index (κ1) is 17.5. The van der Waals surface area contributed by atoms with Crippen LogP contribution in [0.25, 0.3) is 5.57 Å². The van der Waals surface area contributed by atoms with E-state index < -0.39 is 5.72 Å². The lowest BCUT2D eigenvalue weighted by atomic mass is 9.90. The van der Waals surface area contributed by atoms with Crippen LogP contribution < -0.4 is 0 Å². The third-order valence-electron chi connectivity index (χ3n) is 4.96. The van der Waals surface area contributed by atoms with E-state index in [4.69, 9.17) is 17.0 Å². The number of hydrogen-bond donors (Lipinski definition) is 0. The van der Waals surface area contributed by atoms with Gasteiger partial charge in [0.05, 0.1) is 5.57 Å². The summed E-state index contributed by atoms with van der Waals surface area (Å²) in [5.74, 6) is -0.0592. The summed E-state index contributed by atoms with van der Waals surface area (Å²) in [6.07, 6.45) is 3.88. The van der Waals surface area contributed by atoms with Gasteiger partial charge < -0.3 is 9.64 Å². The maximum absolute atomic E-state index is 13.4. The lowest BCUT2D eigenvalue weighted by Gasteiger charge is -2.42. The third kappa shape index (κ3) is 2.40. The topological polar surface area (TPSA) is 36.1 Å². The average Bonchev–Trinajstić information content (AvgIpc) is 3.42. The fraction of sp³-hybridized carbons (Fsp3) is 0.300. The molecule has 0 aliphatic carbocycles. The smallest absolute Gasteiger partial charge is 0.261 e. The van der Waals surface area contributed by atoms with Crippen molar-refractivity contribution in [2.24, 2.45) is 0 Å². The Balaban J connectivity index is 2.00. The number of carbonyl (C=O) groups is 1. The molecule has 0 saturated carbocycles. The molecule has 1 spiro atoms. The van der Waals surface area contributed by atoms with Gasteiger partial charge in [-0.1, -0.05) is 42.6 Å². The van der Waals surface area contributed by atoms with Crippen LogP contribution in [0.1, 0.15) is 19.4 Å². The highest BCUT2D eigenvalue weighted by molar-refractivity contribution is 8.03. The van der Waals surface area contributed by atoms with Gasteiger partial charge in [-0.25, -0.2) is 0 Å². The summed E-state index contributed by atoms with van der Waals surface area (Å²) >= 11 is 7.25. The summed E-state index contributed by atoms with van der Waals surface area (Å²) in [5.41, 5.74) is 1.92. The largest absolute Gasteiger partial charge is 0.343 e. The summed E-state index contributed by atoms with van der Waals surface area (Å²) in [4.78, 5) is 19.2. The Morgan fingerprint density at radius 3 is 2.69 bits per heavy atom. The first-order valence-electron chi connectivity index (χ1n) is 8.71. The van der Waals surface area contributed by atoms with E-state index in [9.17, 15) is 4.79 Å². The van der Waals surface area contributed by atoms with Crippen LogP contribution >= 0.6 is 24.0 Å². The summed E-state index contributed by atoms with van der Waals surface area (Å²) < 4.78 is 5.90. The van der Waals surface area contributed by atoms with Crippen molar-refractivity contribution in [1.29, 1.82) is 0 Å². The van der Waals surface area contributed by atoms with E-state index in [0.29, 0.717) is 30.4 Å². The van der Waals surface area contributed by atoms with E-state index in [0.717, 1.165) is 20.9 Å². The molecular formula is C20H20N2O2S2. The van der Waals surface area contributed by atoms with Gasteiger partial charge in [-0.3, -0.25) is 9.69 Å². The molecule has 3 aliphatic heterocycles. The summed E-state index contributed by atoms with van der Waals surface area (Å²) in [6.45, 7) is 9.61. The number of epoxide rings is 1. The van der Waals surface area contributed by atoms with Crippen molar-refractivity contribution < 1.29 is 9.53 Å². The van der Waals surface area contributed by atoms with Crippen LogP contribution in [-0.4, -0.2) is 46.2 Å². The SMILES string of the molecule is C=CC1=C/C(=C2/C(=O)N(CC)C(=S)N(CC)C23CO3)c2ccccc2S1.